The molecule has 0 radical (unpaired) electrons. The first-order valence-electron chi connectivity index (χ1n) is 5.51. The van der Waals surface area contributed by atoms with Crippen molar-refractivity contribution < 1.29 is 31.5 Å². The van der Waals surface area contributed by atoms with Gasteiger partial charge in [-0.15, -0.1) is 0 Å². The molecule has 0 aliphatic carbocycles. The van der Waals surface area contributed by atoms with Gasteiger partial charge >= 0.3 is 12.1 Å². The van der Waals surface area contributed by atoms with Gasteiger partial charge in [-0.2, -0.15) is 13.2 Å². The average molecular weight is 346 g/mol. The normalized spacial score (nSPS) is 12.7. The Bertz CT molecular complexity index is 645. The van der Waals surface area contributed by atoms with E-state index in [4.69, 9.17) is 16.7 Å². The Kier molecular flexibility index (Phi) is 5.24. The van der Waals surface area contributed by atoms with Gasteiger partial charge < -0.3 is 5.11 Å². The second-order valence-corrected chi connectivity index (χ2v) is 6.59. The highest BCUT2D eigenvalue weighted by Gasteiger charge is 2.30. The summed E-state index contributed by atoms with van der Waals surface area (Å²) in [5.41, 5.74) is -0.298. The molecule has 0 saturated carbocycles. The molecule has 0 fully saturated rings. The minimum absolute atomic E-state index is 0.298. The smallest absolute Gasteiger partial charge is 0.390 e. The molecule has 1 rings (SSSR count). The fourth-order valence-corrected chi connectivity index (χ4v) is 2.94. The highest BCUT2D eigenvalue weighted by atomic mass is 35.5. The topological polar surface area (TPSA) is 74.7 Å². The molecule has 0 spiro atoms. The van der Waals surface area contributed by atoms with E-state index in [9.17, 15) is 26.4 Å². The number of alkyl halides is 3. The lowest BCUT2D eigenvalue weighted by atomic mass is 10.2. The Hall–Kier alpha value is -1.32. The van der Waals surface area contributed by atoms with Gasteiger partial charge in [0.1, 0.15) is 0 Å². The molecule has 21 heavy (non-hydrogen) atoms. The van der Waals surface area contributed by atoms with Gasteiger partial charge in [0.05, 0.1) is 21.9 Å². The van der Waals surface area contributed by atoms with Crippen LogP contribution in [0.2, 0.25) is 5.02 Å². The Balaban J connectivity index is 3.03. The third-order valence-electron chi connectivity index (χ3n) is 2.59. The number of benzene rings is 1. The van der Waals surface area contributed by atoms with Crippen LogP contribution in [0.25, 0.3) is 0 Å². The SMILES string of the molecule is CN(CCC(F)(F)F)S(=O)(=O)c1ccc(C(=O)O)c(Cl)c1. The number of carbonyl (C=O) groups is 1. The molecule has 118 valence electrons. The minimum atomic E-state index is -4.48. The number of hydrogen-bond donors (Lipinski definition) is 1. The van der Waals surface area contributed by atoms with Gasteiger partial charge in [-0.25, -0.2) is 17.5 Å². The summed E-state index contributed by atoms with van der Waals surface area (Å²) in [6, 6.07) is 2.86. The van der Waals surface area contributed by atoms with E-state index in [0.29, 0.717) is 4.31 Å². The van der Waals surface area contributed by atoms with Crippen LogP contribution in [-0.2, 0) is 10.0 Å². The van der Waals surface area contributed by atoms with Crippen molar-refractivity contribution in [2.75, 3.05) is 13.6 Å². The van der Waals surface area contributed by atoms with Gasteiger partial charge in [0, 0.05) is 13.6 Å². The van der Waals surface area contributed by atoms with E-state index in [1.54, 1.807) is 0 Å². The molecule has 0 aromatic heterocycles. The fourth-order valence-electron chi connectivity index (χ4n) is 1.41. The van der Waals surface area contributed by atoms with E-state index in [0.717, 1.165) is 25.2 Å². The van der Waals surface area contributed by atoms with Gasteiger partial charge in [-0.05, 0) is 18.2 Å². The van der Waals surface area contributed by atoms with Crippen LogP contribution in [0, 0.1) is 0 Å². The maximum absolute atomic E-state index is 12.1. The van der Waals surface area contributed by atoms with Crippen LogP contribution < -0.4 is 0 Å². The number of carboxylic acid groups (broad SMARTS) is 1. The van der Waals surface area contributed by atoms with Crippen LogP contribution in [0.5, 0.6) is 0 Å². The maximum atomic E-state index is 12.1. The summed E-state index contributed by atoms with van der Waals surface area (Å²) in [7, 11) is -3.17. The molecular formula is C11H11ClF3NO4S. The zero-order valence-corrected chi connectivity index (χ0v) is 12.3. The summed E-state index contributed by atoms with van der Waals surface area (Å²) in [4.78, 5) is 10.4. The average Bonchev–Trinajstić information content (AvgIpc) is 2.34. The van der Waals surface area contributed by atoms with Crippen LogP contribution in [0.3, 0.4) is 0 Å². The number of rotatable bonds is 5. The molecule has 1 aromatic rings. The molecule has 0 bridgehead atoms. The Morgan fingerprint density at radius 2 is 1.95 bits per heavy atom. The summed E-state index contributed by atoms with van der Waals surface area (Å²) < 4.78 is 60.9. The van der Waals surface area contributed by atoms with Crippen molar-refractivity contribution in [1.82, 2.24) is 4.31 Å². The van der Waals surface area contributed by atoms with E-state index >= 15 is 0 Å². The molecule has 0 saturated heterocycles. The van der Waals surface area contributed by atoms with Gasteiger partial charge in [0.2, 0.25) is 10.0 Å². The molecule has 0 aliphatic heterocycles. The molecule has 0 heterocycles. The Morgan fingerprint density at radius 1 is 1.38 bits per heavy atom. The zero-order chi connectivity index (χ0) is 16.4. The molecule has 1 aromatic carbocycles. The van der Waals surface area contributed by atoms with Crippen molar-refractivity contribution >= 4 is 27.6 Å². The quantitative estimate of drug-likeness (QED) is 0.890. The summed E-state index contributed by atoms with van der Waals surface area (Å²) >= 11 is 5.64. The minimum Gasteiger partial charge on any atom is -0.478 e. The van der Waals surface area contributed by atoms with Crippen molar-refractivity contribution in [3.05, 3.63) is 28.8 Å². The van der Waals surface area contributed by atoms with Gasteiger partial charge in [-0.3, -0.25) is 0 Å². The van der Waals surface area contributed by atoms with E-state index < -0.39 is 35.1 Å². The molecule has 0 aliphatic rings. The number of aromatic carboxylic acids is 1. The second kappa shape index (κ2) is 6.20. The molecule has 0 atom stereocenters. The first kappa shape index (κ1) is 17.7. The van der Waals surface area contributed by atoms with Gasteiger partial charge in [0.15, 0.2) is 0 Å². The standard InChI is InChI=1S/C11H11ClF3NO4S/c1-16(5-4-11(13,14)15)21(19,20)7-2-3-8(10(17)18)9(12)6-7/h2-3,6H,4-5H2,1H3,(H,17,18). The monoisotopic (exact) mass is 345 g/mol. The van der Waals surface area contributed by atoms with Crippen molar-refractivity contribution in [2.45, 2.75) is 17.5 Å². The molecule has 0 amide bonds. The number of hydrogen-bond acceptors (Lipinski definition) is 3. The van der Waals surface area contributed by atoms with E-state index in [1.807, 2.05) is 0 Å². The Labute approximate surface area is 124 Å². The number of nitrogens with zero attached hydrogens (tertiary/aromatic N) is 1. The Morgan fingerprint density at radius 3 is 2.38 bits per heavy atom. The molecule has 0 unspecified atom stereocenters. The third-order valence-corrected chi connectivity index (χ3v) is 4.75. The van der Waals surface area contributed by atoms with Crippen molar-refractivity contribution in [3.8, 4) is 0 Å². The third kappa shape index (κ3) is 4.58. The van der Waals surface area contributed by atoms with Crippen LogP contribution >= 0.6 is 11.6 Å². The molecule has 1 N–H and O–H groups in total. The van der Waals surface area contributed by atoms with Crippen LogP contribution in [0.15, 0.2) is 23.1 Å². The van der Waals surface area contributed by atoms with Gasteiger partial charge in [-0.1, -0.05) is 11.6 Å². The molecule has 10 heteroatoms. The van der Waals surface area contributed by atoms with Crippen LogP contribution in [0.1, 0.15) is 16.8 Å². The summed E-state index contributed by atoms with van der Waals surface area (Å²) in [6.07, 6.45) is -5.77. The maximum Gasteiger partial charge on any atom is 0.390 e. The van der Waals surface area contributed by atoms with Gasteiger partial charge in [0.25, 0.3) is 0 Å². The number of halogens is 4. The second-order valence-electron chi connectivity index (χ2n) is 4.14. The number of carboxylic acids is 1. The highest BCUT2D eigenvalue weighted by Crippen LogP contribution is 2.25. The fraction of sp³-hybridized carbons (Fsp3) is 0.364. The summed E-state index contributed by atoms with van der Waals surface area (Å²) in [5, 5.41) is 8.46. The lowest BCUT2D eigenvalue weighted by Crippen LogP contribution is -2.30. The van der Waals surface area contributed by atoms with Crippen molar-refractivity contribution in [3.63, 3.8) is 0 Å². The van der Waals surface area contributed by atoms with Crippen molar-refractivity contribution in [2.24, 2.45) is 0 Å². The first-order chi connectivity index (χ1) is 9.45. The van der Waals surface area contributed by atoms with E-state index in [2.05, 4.69) is 0 Å². The van der Waals surface area contributed by atoms with Crippen molar-refractivity contribution in [1.29, 1.82) is 0 Å². The lowest BCUT2D eigenvalue weighted by molar-refractivity contribution is -0.135. The first-order valence-corrected chi connectivity index (χ1v) is 7.33. The van der Waals surface area contributed by atoms with E-state index in [1.165, 1.54) is 0 Å². The predicted octanol–water partition coefficient (Wildman–Crippen LogP) is 2.61. The lowest BCUT2D eigenvalue weighted by Gasteiger charge is -2.18. The highest BCUT2D eigenvalue weighted by molar-refractivity contribution is 7.89. The van der Waals surface area contributed by atoms with Crippen LogP contribution in [0.4, 0.5) is 13.2 Å². The van der Waals surface area contributed by atoms with E-state index in [-0.39, 0.29) is 15.5 Å². The van der Waals surface area contributed by atoms with Crippen LogP contribution in [-0.4, -0.2) is 43.6 Å². The number of sulfonamides is 1. The largest absolute Gasteiger partial charge is 0.478 e. The summed E-state index contributed by atoms with van der Waals surface area (Å²) in [6.45, 7) is -0.746. The molecule has 5 nitrogen and oxygen atoms in total. The predicted molar refractivity (Wildman–Crippen MR) is 68.9 cm³/mol. The molecular weight excluding hydrogens is 335 g/mol. The summed E-state index contributed by atoms with van der Waals surface area (Å²) in [5.74, 6) is -1.34. The zero-order valence-electron chi connectivity index (χ0n) is 10.7.